The van der Waals surface area contributed by atoms with Crippen molar-refractivity contribution in [3.8, 4) is 39.5 Å². The number of esters is 3. The van der Waals surface area contributed by atoms with Gasteiger partial charge in [0.25, 0.3) is 0 Å². The monoisotopic (exact) mass is 484 g/mol. The third kappa shape index (κ3) is 6.57. The summed E-state index contributed by atoms with van der Waals surface area (Å²) in [7, 11) is 0. The van der Waals surface area contributed by atoms with E-state index in [1.165, 1.54) is 0 Å². The van der Waals surface area contributed by atoms with Gasteiger partial charge in [-0.1, -0.05) is 69.5 Å². The summed E-state index contributed by atoms with van der Waals surface area (Å²) >= 11 is 0. The van der Waals surface area contributed by atoms with Gasteiger partial charge in [0.2, 0.25) is 0 Å². The molecule has 0 unspecified atom stereocenters. The second kappa shape index (κ2) is 11.3. The maximum Gasteiger partial charge on any atom is 0.338 e. The first-order valence-corrected chi connectivity index (χ1v) is 11.4. The molecule has 0 aliphatic carbocycles. The van der Waals surface area contributed by atoms with Crippen LogP contribution < -0.4 is 14.2 Å². The largest absolute Gasteiger partial charge is 0.423 e. The van der Waals surface area contributed by atoms with E-state index in [1.54, 1.807) is 58.0 Å². The molecule has 0 saturated carbocycles. The molecular weight excluding hydrogens is 456 g/mol. The molecule has 0 heterocycles. The van der Waals surface area contributed by atoms with Crippen molar-refractivity contribution in [1.29, 1.82) is 0 Å². The topological polar surface area (TPSA) is 78.9 Å². The van der Waals surface area contributed by atoms with Crippen LogP contribution in [0.3, 0.4) is 0 Å². The van der Waals surface area contributed by atoms with Crippen LogP contribution in [0.1, 0.15) is 27.7 Å². The van der Waals surface area contributed by atoms with Gasteiger partial charge in [-0.25, -0.2) is 9.59 Å². The Morgan fingerprint density at radius 1 is 0.611 bits per heavy atom. The molecule has 3 rings (SSSR count). The van der Waals surface area contributed by atoms with E-state index >= 15 is 0 Å². The van der Waals surface area contributed by atoms with E-state index in [4.69, 9.17) is 14.2 Å². The van der Waals surface area contributed by atoms with E-state index in [0.29, 0.717) is 11.3 Å². The van der Waals surface area contributed by atoms with Crippen molar-refractivity contribution in [2.75, 3.05) is 0 Å². The molecule has 0 aromatic heterocycles. The molecule has 0 amide bonds. The minimum Gasteiger partial charge on any atom is -0.423 e. The van der Waals surface area contributed by atoms with Gasteiger partial charge in [0.15, 0.2) is 11.5 Å². The number of carbonyl (C=O) groups excluding carboxylic acids is 3. The second-order valence-electron chi connectivity index (χ2n) is 8.68. The molecule has 0 aliphatic heterocycles. The summed E-state index contributed by atoms with van der Waals surface area (Å²) in [4.78, 5) is 35.9. The molecule has 0 bridgehead atoms. The minimum absolute atomic E-state index is 0.143. The molecule has 0 radical (unpaired) electrons. The van der Waals surface area contributed by atoms with Crippen LogP contribution in [0.5, 0.6) is 17.2 Å². The second-order valence-corrected chi connectivity index (χ2v) is 8.68. The third-order valence-corrected chi connectivity index (χ3v) is 5.14. The normalized spacial score (nSPS) is 10.5. The average molecular weight is 485 g/mol. The van der Waals surface area contributed by atoms with Crippen molar-refractivity contribution in [3.63, 3.8) is 0 Å². The molecule has 0 N–H and O–H groups in total. The van der Waals surface area contributed by atoms with Gasteiger partial charge < -0.3 is 14.2 Å². The maximum absolute atomic E-state index is 12.2. The van der Waals surface area contributed by atoms with Crippen LogP contribution in [0.15, 0.2) is 91.0 Å². The van der Waals surface area contributed by atoms with Crippen molar-refractivity contribution in [1.82, 2.24) is 0 Å². The average Bonchev–Trinajstić information content (AvgIpc) is 2.85. The van der Waals surface area contributed by atoms with E-state index in [2.05, 4.69) is 13.2 Å². The zero-order valence-electron chi connectivity index (χ0n) is 20.8. The molecule has 0 atom stereocenters. The van der Waals surface area contributed by atoms with Crippen LogP contribution in [-0.2, 0) is 14.4 Å². The number of hydrogen-bond donors (Lipinski definition) is 0. The van der Waals surface area contributed by atoms with Gasteiger partial charge >= 0.3 is 17.9 Å². The van der Waals surface area contributed by atoms with E-state index in [-0.39, 0.29) is 23.0 Å². The lowest BCUT2D eigenvalue weighted by Crippen LogP contribution is -2.16. The zero-order valence-corrected chi connectivity index (χ0v) is 20.8. The van der Waals surface area contributed by atoms with E-state index in [9.17, 15) is 14.4 Å². The van der Waals surface area contributed by atoms with E-state index in [0.717, 1.165) is 22.3 Å². The third-order valence-electron chi connectivity index (χ3n) is 5.14. The summed E-state index contributed by atoms with van der Waals surface area (Å²) in [5, 5.41) is 0. The summed E-state index contributed by atoms with van der Waals surface area (Å²) < 4.78 is 16.1. The van der Waals surface area contributed by atoms with Crippen LogP contribution in [0.2, 0.25) is 0 Å². The first kappa shape index (κ1) is 26.2. The lowest BCUT2D eigenvalue weighted by molar-refractivity contribution is -0.138. The Morgan fingerprint density at radius 2 is 1.06 bits per heavy atom. The Balaban J connectivity index is 1.85. The number of benzene rings is 3. The Hall–Kier alpha value is -4.45. The summed E-state index contributed by atoms with van der Waals surface area (Å²) in [5.74, 6) is -1.12. The van der Waals surface area contributed by atoms with Crippen molar-refractivity contribution >= 4 is 17.9 Å². The molecule has 6 nitrogen and oxygen atoms in total. The standard InChI is InChI=1S/C30H28O6/c1-18(2)28(31)34-25-14-11-22(12-15-25)21-7-9-23(10-8-21)24-13-16-26(35-29(32)19(3)4)27(17-24)36-30(33)20(5)6/h7-17,20H,1,3H2,2,4-6H3. The molecule has 0 aliphatic rings. The van der Waals surface area contributed by atoms with Gasteiger partial charge in [0.1, 0.15) is 5.75 Å². The summed E-state index contributed by atoms with van der Waals surface area (Å²) in [5.41, 5.74) is 4.15. The van der Waals surface area contributed by atoms with Crippen LogP contribution in [0.4, 0.5) is 0 Å². The van der Waals surface area contributed by atoms with Gasteiger partial charge in [-0.15, -0.1) is 0 Å². The fraction of sp³-hybridized carbons (Fsp3) is 0.167. The maximum atomic E-state index is 12.2. The van der Waals surface area contributed by atoms with E-state index in [1.807, 2.05) is 36.4 Å². The summed E-state index contributed by atoms with van der Waals surface area (Å²) in [6, 6.07) is 20.0. The number of hydrogen-bond acceptors (Lipinski definition) is 6. The molecule has 0 fully saturated rings. The molecule has 3 aromatic carbocycles. The molecule has 0 spiro atoms. The molecule has 6 heteroatoms. The van der Waals surface area contributed by atoms with Crippen LogP contribution in [0, 0.1) is 5.92 Å². The quantitative estimate of drug-likeness (QED) is 0.205. The molecule has 3 aromatic rings. The highest BCUT2D eigenvalue weighted by Gasteiger charge is 2.17. The van der Waals surface area contributed by atoms with Gasteiger partial charge in [-0.05, 0) is 60.4 Å². The smallest absolute Gasteiger partial charge is 0.338 e. The first-order valence-electron chi connectivity index (χ1n) is 11.4. The molecular formula is C30H28O6. The van der Waals surface area contributed by atoms with Crippen molar-refractivity contribution in [2.24, 2.45) is 5.92 Å². The van der Waals surface area contributed by atoms with Crippen LogP contribution >= 0.6 is 0 Å². The predicted molar refractivity (Wildman–Crippen MR) is 139 cm³/mol. The molecule has 0 saturated heterocycles. The van der Waals surface area contributed by atoms with Gasteiger partial charge in [-0.2, -0.15) is 0 Å². The zero-order chi connectivity index (χ0) is 26.4. The van der Waals surface area contributed by atoms with Crippen LogP contribution in [-0.4, -0.2) is 17.9 Å². The van der Waals surface area contributed by atoms with Crippen molar-refractivity contribution < 1.29 is 28.6 Å². The van der Waals surface area contributed by atoms with Crippen LogP contribution in [0.25, 0.3) is 22.3 Å². The Morgan fingerprint density at radius 3 is 1.56 bits per heavy atom. The highest BCUT2D eigenvalue weighted by atomic mass is 16.6. The lowest BCUT2D eigenvalue weighted by atomic mass is 10.00. The van der Waals surface area contributed by atoms with Gasteiger partial charge in [-0.3, -0.25) is 4.79 Å². The SMILES string of the molecule is C=C(C)C(=O)Oc1ccc(-c2ccc(-c3ccc(OC(=O)C(=C)C)c(OC(=O)C(C)C)c3)cc2)cc1. The number of ether oxygens (including phenoxy) is 3. The van der Waals surface area contributed by atoms with Gasteiger partial charge in [0.05, 0.1) is 5.92 Å². The number of carbonyl (C=O) groups is 3. The summed E-state index contributed by atoms with van der Waals surface area (Å²) in [6.45, 7) is 13.7. The Labute approximate surface area is 210 Å². The van der Waals surface area contributed by atoms with E-state index < -0.39 is 17.9 Å². The molecule has 184 valence electrons. The van der Waals surface area contributed by atoms with Crippen molar-refractivity contribution in [3.05, 3.63) is 91.0 Å². The van der Waals surface area contributed by atoms with Crippen molar-refractivity contribution in [2.45, 2.75) is 27.7 Å². The fourth-order valence-electron chi connectivity index (χ4n) is 3.03. The fourth-order valence-corrected chi connectivity index (χ4v) is 3.03. The van der Waals surface area contributed by atoms with Gasteiger partial charge in [0, 0.05) is 11.1 Å². The Kier molecular flexibility index (Phi) is 8.22. The lowest BCUT2D eigenvalue weighted by Gasteiger charge is -2.14. The summed E-state index contributed by atoms with van der Waals surface area (Å²) in [6.07, 6.45) is 0. The first-order chi connectivity index (χ1) is 17.0. The Bertz CT molecular complexity index is 1310. The highest BCUT2D eigenvalue weighted by Crippen LogP contribution is 2.35. The number of rotatable bonds is 8. The highest BCUT2D eigenvalue weighted by molar-refractivity contribution is 5.90. The predicted octanol–water partition coefficient (Wildman–Crippen LogP) is 6.55. The minimum atomic E-state index is -0.602. The molecule has 36 heavy (non-hydrogen) atoms.